The number of carbonyl (C=O) groups excluding carboxylic acids is 1. The summed E-state index contributed by atoms with van der Waals surface area (Å²) in [4.78, 5) is 23.0. The molecule has 0 aliphatic heterocycles. The molecule has 0 unspecified atom stereocenters. The van der Waals surface area contributed by atoms with Gasteiger partial charge in [0.1, 0.15) is 23.8 Å². The molecule has 3 aromatic rings. The van der Waals surface area contributed by atoms with Crippen LogP contribution in [0.3, 0.4) is 0 Å². The van der Waals surface area contributed by atoms with Crippen LogP contribution in [0.2, 0.25) is 5.02 Å². The smallest absolute Gasteiger partial charge is 0.293 e. The highest BCUT2D eigenvalue weighted by atomic mass is 35.5. The van der Waals surface area contributed by atoms with Crippen LogP contribution in [-0.2, 0) is 6.61 Å². The second-order valence-electron chi connectivity index (χ2n) is 6.20. The summed E-state index contributed by atoms with van der Waals surface area (Å²) in [6, 6.07) is 12.9. The quantitative estimate of drug-likeness (QED) is 0.448. The van der Waals surface area contributed by atoms with Gasteiger partial charge >= 0.3 is 0 Å². The first-order valence-electron chi connectivity index (χ1n) is 8.37. The zero-order valence-corrected chi connectivity index (χ0v) is 15.9. The topological polar surface area (TPSA) is 94.6 Å². The number of aryl methyl sites for hydroxylation is 2. The molecule has 144 valence electrons. The summed E-state index contributed by atoms with van der Waals surface area (Å²) in [5.41, 5.74) is 1.52. The summed E-state index contributed by atoms with van der Waals surface area (Å²) in [6.45, 7) is 3.73. The SMILES string of the molecule is Cc1ccc(NC(=O)c2ccc(COc3ccc(Cl)cc3C)o2)c([N+](=O)[O-])c1. The molecule has 0 saturated heterocycles. The third-order valence-corrected chi connectivity index (χ3v) is 4.23. The zero-order valence-electron chi connectivity index (χ0n) is 15.2. The number of carbonyl (C=O) groups is 1. The number of halogens is 1. The number of hydrogen-bond acceptors (Lipinski definition) is 5. The Kier molecular flexibility index (Phi) is 5.65. The Bertz CT molecular complexity index is 1040. The molecule has 1 heterocycles. The van der Waals surface area contributed by atoms with Crippen LogP contribution in [0.4, 0.5) is 11.4 Å². The monoisotopic (exact) mass is 400 g/mol. The van der Waals surface area contributed by atoms with Crippen LogP contribution >= 0.6 is 11.6 Å². The zero-order chi connectivity index (χ0) is 20.3. The highest BCUT2D eigenvalue weighted by Crippen LogP contribution is 2.26. The Morgan fingerprint density at radius 2 is 1.96 bits per heavy atom. The van der Waals surface area contributed by atoms with Gasteiger partial charge in [0.25, 0.3) is 11.6 Å². The van der Waals surface area contributed by atoms with E-state index < -0.39 is 10.8 Å². The minimum Gasteiger partial charge on any atom is -0.485 e. The van der Waals surface area contributed by atoms with Crippen molar-refractivity contribution in [1.82, 2.24) is 0 Å². The van der Waals surface area contributed by atoms with Gasteiger partial charge in [-0.1, -0.05) is 17.7 Å². The van der Waals surface area contributed by atoms with Crippen molar-refractivity contribution in [3.8, 4) is 5.75 Å². The Morgan fingerprint density at radius 1 is 1.18 bits per heavy atom. The van der Waals surface area contributed by atoms with Gasteiger partial charge in [-0.2, -0.15) is 0 Å². The van der Waals surface area contributed by atoms with Crippen molar-refractivity contribution < 1.29 is 18.9 Å². The van der Waals surface area contributed by atoms with E-state index in [4.69, 9.17) is 20.8 Å². The molecule has 0 spiro atoms. The molecule has 0 bridgehead atoms. The summed E-state index contributed by atoms with van der Waals surface area (Å²) < 4.78 is 11.2. The van der Waals surface area contributed by atoms with E-state index in [0.29, 0.717) is 16.5 Å². The van der Waals surface area contributed by atoms with Crippen LogP contribution < -0.4 is 10.1 Å². The van der Waals surface area contributed by atoms with Gasteiger partial charge in [0.15, 0.2) is 5.76 Å². The first-order valence-corrected chi connectivity index (χ1v) is 8.75. The number of furan rings is 1. The maximum absolute atomic E-state index is 12.4. The fourth-order valence-electron chi connectivity index (χ4n) is 2.58. The summed E-state index contributed by atoms with van der Waals surface area (Å²) in [6.07, 6.45) is 0. The summed E-state index contributed by atoms with van der Waals surface area (Å²) in [5.74, 6) is 0.544. The van der Waals surface area contributed by atoms with Crippen LogP contribution in [0, 0.1) is 24.0 Å². The molecule has 3 rings (SSSR count). The molecule has 7 nitrogen and oxygen atoms in total. The van der Waals surface area contributed by atoms with Crippen LogP contribution in [0.25, 0.3) is 0 Å². The average molecular weight is 401 g/mol. The summed E-state index contributed by atoms with van der Waals surface area (Å²) in [5, 5.41) is 14.3. The Hall–Kier alpha value is -3.32. The molecule has 28 heavy (non-hydrogen) atoms. The van der Waals surface area contributed by atoms with E-state index in [9.17, 15) is 14.9 Å². The molecule has 1 aromatic heterocycles. The van der Waals surface area contributed by atoms with Gasteiger partial charge in [0.2, 0.25) is 0 Å². The molecular formula is C20H17ClN2O5. The van der Waals surface area contributed by atoms with Gasteiger partial charge in [0.05, 0.1) is 4.92 Å². The molecule has 8 heteroatoms. The number of hydrogen-bond donors (Lipinski definition) is 1. The largest absolute Gasteiger partial charge is 0.485 e. The van der Waals surface area contributed by atoms with E-state index in [-0.39, 0.29) is 23.7 Å². The highest BCUT2D eigenvalue weighted by Gasteiger charge is 2.19. The second-order valence-corrected chi connectivity index (χ2v) is 6.63. The van der Waals surface area contributed by atoms with Crippen molar-refractivity contribution in [3.05, 3.63) is 86.3 Å². The molecule has 0 radical (unpaired) electrons. The van der Waals surface area contributed by atoms with Crippen LogP contribution in [0.15, 0.2) is 52.9 Å². The van der Waals surface area contributed by atoms with E-state index in [0.717, 1.165) is 11.1 Å². The minimum absolute atomic E-state index is 0.0290. The molecular weight excluding hydrogens is 384 g/mol. The first kappa shape index (κ1) is 19.4. The van der Waals surface area contributed by atoms with Gasteiger partial charge < -0.3 is 14.5 Å². The van der Waals surface area contributed by atoms with Crippen molar-refractivity contribution in [2.45, 2.75) is 20.5 Å². The van der Waals surface area contributed by atoms with Gasteiger partial charge in [0, 0.05) is 11.1 Å². The fourth-order valence-corrected chi connectivity index (χ4v) is 2.81. The lowest BCUT2D eigenvalue weighted by Crippen LogP contribution is -2.12. The molecule has 1 amide bonds. The maximum atomic E-state index is 12.4. The lowest BCUT2D eigenvalue weighted by atomic mass is 10.2. The normalized spacial score (nSPS) is 10.5. The number of nitro groups is 1. The van der Waals surface area contributed by atoms with E-state index in [2.05, 4.69) is 5.32 Å². The maximum Gasteiger partial charge on any atom is 0.293 e. The molecule has 1 N–H and O–H groups in total. The van der Waals surface area contributed by atoms with Gasteiger partial charge in [-0.25, -0.2) is 0 Å². The van der Waals surface area contributed by atoms with E-state index >= 15 is 0 Å². The summed E-state index contributed by atoms with van der Waals surface area (Å²) >= 11 is 5.92. The standard InChI is InChI=1S/C20H17ClN2O5/c1-12-3-6-16(17(9-12)23(25)26)22-20(24)19-8-5-15(28-19)11-27-18-7-4-14(21)10-13(18)2/h3-10H,11H2,1-2H3,(H,22,24). The van der Waals surface area contributed by atoms with E-state index in [1.807, 2.05) is 6.92 Å². The number of anilines is 1. The predicted octanol–water partition coefficient (Wildman–Crippen LogP) is 5.29. The molecule has 0 saturated carbocycles. The third kappa shape index (κ3) is 4.50. The van der Waals surface area contributed by atoms with E-state index in [1.54, 1.807) is 37.3 Å². The number of benzene rings is 2. The van der Waals surface area contributed by atoms with Crippen molar-refractivity contribution >= 4 is 28.9 Å². The van der Waals surface area contributed by atoms with Crippen molar-refractivity contribution in [1.29, 1.82) is 0 Å². The van der Waals surface area contributed by atoms with Crippen molar-refractivity contribution in [3.63, 3.8) is 0 Å². The number of nitrogens with one attached hydrogen (secondary N) is 1. The summed E-state index contributed by atoms with van der Waals surface area (Å²) in [7, 11) is 0. The molecule has 2 aromatic carbocycles. The van der Waals surface area contributed by atoms with E-state index in [1.165, 1.54) is 18.2 Å². The number of nitrogens with zero attached hydrogens (tertiary/aromatic N) is 1. The van der Waals surface area contributed by atoms with Gasteiger partial charge in [-0.15, -0.1) is 0 Å². The first-order chi connectivity index (χ1) is 13.3. The number of rotatable bonds is 6. The van der Waals surface area contributed by atoms with Crippen LogP contribution in [-0.4, -0.2) is 10.8 Å². The molecule has 0 fully saturated rings. The van der Waals surface area contributed by atoms with Crippen molar-refractivity contribution in [2.24, 2.45) is 0 Å². The predicted molar refractivity (Wildman–Crippen MR) is 105 cm³/mol. The molecule has 0 aliphatic rings. The van der Waals surface area contributed by atoms with Gasteiger partial charge in [-0.3, -0.25) is 14.9 Å². The lowest BCUT2D eigenvalue weighted by molar-refractivity contribution is -0.384. The third-order valence-electron chi connectivity index (χ3n) is 3.99. The number of ether oxygens (including phenoxy) is 1. The Labute approximate surface area is 166 Å². The fraction of sp³-hybridized carbons (Fsp3) is 0.150. The second kappa shape index (κ2) is 8.14. The lowest BCUT2D eigenvalue weighted by Gasteiger charge is -2.08. The van der Waals surface area contributed by atoms with Gasteiger partial charge in [-0.05, 0) is 61.4 Å². The molecule has 0 aliphatic carbocycles. The highest BCUT2D eigenvalue weighted by molar-refractivity contribution is 6.30. The van der Waals surface area contributed by atoms with Crippen molar-refractivity contribution in [2.75, 3.05) is 5.32 Å². The van der Waals surface area contributed by atoms with Crippen LogP contribution in [0.5, 0.6) is 5.75 Å². The molecule has 0 atom stereocenters. The Morgan fingerprint density at radius 3 is 2.68 bits per heavy atom. The number of amides is 1. The minimum atomic E-state index is -0.583. The number of nitro benzene ring substituents is 1. The Balaban J connectivity index is 1.68. The average Bonchev–Trinajstić information content (AvgIpc) is 3.11. The van der Waals surface area contributed by atoms with Crippen LogP contribution in [0.1, 0.15) is 27.4 Å².